The average molecular weight is 375 g/mol. The van der Waals surface area contributed by atoms with E-state index >= 15 is 0 Å². The van der Waals surface area contributed by atoms with Crippen LogP contribution in [0.2, 0.25) is 0 Å². The number of carbonyl (C=O) groups is 1. The molecule has 5 nitrogen and oxygen atoms in total. The Hall–Kier alpha value is -1.75. The maximum Gasteiger partial charge on any atom is 0.258 e. The first kappa shape index (κ1) is 20.0. The molecule has 0 bridgehead atoms. The van der Waals surface area contributed by atoms with E-state index in [0.29, 0.717) is 12.3 Å². The molecule has 0 aromatic heterocycles. The van der Waals surface area contributed by atoms with E-state index in [1.807, 2.05) is 12.1 Å². The molecule has 3 rings (SSSR count). The number of nitrogens with one attached hydrogen (secondary N) is 1. The molecule has 1 aromatic carbocycles. The van der Waals surface area contributed by atoms with Gasteiger partial charge in [0.15, 0.2) is 18.1 Å². The minimum atomic E-state index is -0.223. The van der Waals surface area contributed by atoms with Gasteiger partial charge in [-0.1, -0.05) is 19.1 Å². The van der Waals surface area contributed by atoms with Gasteiger partial charge in [0.2, 0.25) is 0 Å². The second kappa shape index (κ2) is 7.70. The molecule has 1 N–H and O–H groups in total. The fraction of sp³-hybridized carbons (Fsp3) is 0.682. The Morgan fingerprint density at radius 2 is 2.19 bits per heavy atom. The molecule has 1 saturated heterocycles. The molecule has 1 aromatic rings. The van der Waals surface area contributed by atoms with Crippen LogP contribution in [0.25, 0.3) is 0 Å². The first-order chi connectivity index (χ1) is 12.7. The third kappa shape index (κ3) is 4.95. The van der Waals surface area contributed by atoms with Crippen LogP contribution in [-0.4, -0.2) is 48.2 Å². The van der Waals surface area contributed by atoms with Crippen molar-refractivity contribution in [2.24, 2.45) is 5.92 Å². The minimum Gasteiger partial charge on any atom is -0.483 e. The summed E-state index contributed by atoms with van der Waals surface area (Å²) in [6.45, 7) is 13.7. The summed E-state index contributed by atoms with van der Waals surface area (Å²) >= 11 is 0. The number of hydrogen-bond donors (Lipinski definition) is 1. The molecule has 2 aliphatic rings. The Kier molecular flexibility index (Phi) is 5.71. The second-order valence-electron chi connectivity index (χ2n) is 9.35. The number of benzene rings is 1. The molecule has 1 fully saturated rings. The Morgan fingerprint density at radius 3 is 2.93 bits per heavy atom. The van der Waals surface area contributed by atoms with Crippen LogP contribution in [0.4, 0.5) is 0 Å². The Balaban J connectivity index is 1.50. The van der Waals surface area contributed by atoms with Gasteiger partial charge < -0.3 is 14.8 Å². The lowest BCUT2D eigenvalue weighted by atomic mass is 9.93. The van der Waals surface area contributed by atoms with Crippen molar-refractivity contribution in [2.75, 3.05) is 26.2 Å². The van der Waals surface area contributed by atoms with Gasteiger partial charge in [-0.2, -0.15) is 0 Å². The van der Waals surface area contributed by atoms with Crippen LogP contribution in [-0.2, 0) is 11.2 Å². The highest BCUT2D eigenvalue weighted by molar-refractivity contribution is 5.77. The zero-order chi connectivity index (χ0) is 19.7. The van der Waals surface area contributed by atoms with Crippen molar-refractivity contribution >= 4 is 5.91 Å². The lowest BCUT2D eigenvalue weighted by Crippen LogP contribution is -2.55. The van der Waals surface area contributed by atoms with Gasteiger partial charge in [-0.3, -0.25) is 9.69 Å². The molecule has 2 heterocycles. The van der Waals surface area contributed by atoms with E-state index < -0.39 is 0 Å². The van der Waals surface area contributed by atoms with Crippen molar-refractivity contribution in [3.05, 3.63) is 23.8 Å². The third-order valence-corrected chi connectivity index (χ3v) is 5.64. The topological polar surface area (TPSA) is 50.8 Å². The normalized spacial score (nSPS) is 22.0. The number of amides is 1. The third-order valence-electron chi connectivity index (χ3n) is 5.64. The maximum atomic E-state index is 12.3. The zero-order valence-electron chi connectivity index (χ0n) is 17.4. The van der Waals surface area contributed by atoms with Crippen molar-refractivity contribution in [1.82, 2.24) is 10.2 Å². The van der Waals surface area contributed by atoms with Crippen LogP contribution in [0.1, 0.15) is 53.0 Å². The number of carbonyl (C=O) groups excluding carboxylic acids is 1. The summed E-state index contributed by atoms with van der Waals surface area (Å²) < 4.78 is 11.8. The lowest BCUT2D eigenvalue weighted by Gasteiger charge is -2.43. The van der Waals surface area contributed by atoms with E-state index in [-0.39, 0.29) is 23.7 Å². The number of hydrogen-bond acceptors (Lipinski definition) is 4. The first-order valence-corrected chi connectivity index (χ1v) is 10.1. The first-order valence-electron chi connectivity index (χ1n) is 10.1. The lowest BCUT2D eigenvalue weighted by molar-refractivity contribution is -0.123. The average Bonchev–Trinajstić information content (AvgIpc) is 2.92. The molecule has 0 spiro atoms. The quantitative estimate of drug-likeness (QED) is 0.829. The predicted molar refractivity (Wildman–Crippen MR) is 107 cm³/mol. The van der Waals surface area contributed by atoms with Crippen LogP contribution < -0.4 is 14.8 Å². The van der Waals surface area contributed by atoms with Crippen molar-refractivity contribution in [3.63, 3.8) is 0 Å². The molecule has 2 aliphatic heterocycles. The molecule has 5 heteroatoms. The molecule has 1 atom stereocenters. The number of rotatable bonds is 6. The number of likely N-dealkylation sites (tertiary alicyclic amines) is 1. The summed E-state index contributed by atoms with van der Waals surface area (Å²) in [6.07, 6.45) is 3.39. The number of nitrogens with zero attached hydrogens (tertiary/aromatic N) is 1. The summed E-state index contributed by atoms with van der Waals surface area (Å²) in [5, 5.41) is 3.04. The molecule has 0 saturated carbocycles. The SMILES string of the molecule is CC1CCCN(C(C)(C)CNC(=O)COc2cccc3c2OC(C)(C)C3)C1. The molecule has 0 aliphatic carbocycles. The summed E-state index contributed by atoms with van der Waals surface area (Å²) in [5.74, 6) is 2.06. The monoisotopic (exact) mass is 374 g/mol. The van der Waals surface area contributed by atoms with Crippen molar-refractivity contribution in [2.45, 2.75) is 65.0 Å². The number of para-hydroxylation sites is 1. The molecular weight excluding hydrogens is 340 g/mol. The van der Waals surface area contributed by atoms with Gasteiger partial charge in [0.1, 0.15) is 5.60 Å². The standard InChI is InChI=1S/C22H34N2O3/c1-16-8-7-11-24(13-16)21(2,3)15-23-19(25)14-26-18-10-6-9-17-12-22(4,5)27-20(17)18/h6,9-10,16H,7-8,11-15H2,1-5H3,(H,23,25). The molecular formula is C22H34N2O3. The number of ether oxygens (including phenoxy) is 2. The maximum absolute atomic E-state index is 12.3. The van der Waals surface area contributed by atoms with Crippen LogP contribution in [0.15, 0.2) is 18.2 Å². The summed E-state index contributed by atoms with van der Waals surface area (Å²) in [5.41, 5.74) is 0.865. The van der Waals surface area contributed by atoms with Crippen molar-refractivity contribution in [3.8, 4) is 11.5 Å². The van der Waals surface area contributed by atoms with E-state index in [1.54, 1.807) is 0 Å². The molecule has 27 heavy (non-hydrogen) atoms. The van der Waals surface area contributed by atoms with Crippen molar-refractivity contribution < 1.29 is 14.3 Å². The summed E-state index contributed by atoms with van der Waals surface area (Å²) in [6, 6.07) is 5.88. The molecule has 150 valence electrons. The van der Waals surface area contributed by atoms with E-state index in [0.717, 1.165) is 36.7 Å². The van der Waals surface area contributed by atoms with E-state index in [4.69, 9.17) is 9.47 Å². The highest BCUT2D eigenvalue weighted by Gasteiger charge is 2.33. The van der Waals surface area contributed by atoms with Crippen LogP contribution in [0.3, 0.4) is 0 Å². The van der Waals surface area contributed by atoms with E-state index in [9.17, 15) is 4.79 Å². The van der Waals surface area contributed by atoms with Gasteiger partial charge in [0, 0.05) is 30.6 Å². The van der Waals surface area contributed by atoms with E-state index in [1.165, 1.54) is 12.8 Å². The molecule has 1 unspecified atom stereocenters. The fourth-order valence-electron chi connectivity index (χ4n) is 4.06. The Labute approximate surface area is 163 Å². The van der Waals surface area contributed by atoms with Gasteiger partial charge >= 0.3 is 0 Å². The van der Waals surface area contributed by atoms with Gasteiger partial charge in [-0.05, 0) is 59.1 Å². The zero-order valence-corrected chi connectivity index (χ0v) is 17.4. The summed E-state index contributed by atoms with van der Waals surface area (Å²) in [4.78, 5) is 14.8. The summed E-state index contributed by atoms with van der Waals surface area (Å²) in [7, 11) is 0. The van der Waals surface area contributed by atoms with Crippen LogP contribution >= 0.6 is 0 Å². The van der Waals surface area contributed by atoms with Gasteiger partial charge in [0.05, 0.1) is 0 Å². The largest absolute Gasteiger partial charge is 0.483 e. The number of fused-ring (bicyclic) bond motifs is 1. The van der Waals surface area contributed by atoms with Gasteiger partial charge in [0.25, 0.3) is 5.91 Å². The molecule has 0 radical (unpaired) electrons. The Morgan fingerprint density at radius 1 is 1.41 bits per heavy atom. The highest BCUT2D eigenvalue weighted by Crippen LogP contribution is 2.41. The fourth-order valence-corrected chi connectivity index (χ4v) is 4.06. The van der Waals surface area contributed by atoms with Gasteiger partial charge in [-0.25, -0.2) is 0 Å². The minimum absolute atomic E-state index is 0.00667. The predicted octanol–water partition coefficient (Wildman–Crippen LogP) is 3.41. The van der Waals surface area contributed by atoms with Crippen LogP contribution in [0.5, 0.6) is 11.5 Å². The van der Waals surface area contributed by atoms with Gasteiger partial charge in [-0.15, -0.1) is 0 Å². The Bertz CT molecular complexity index is 684. The number of piperidine rings is 1. The van der Waals surface area contributed by atoms with E-state index in [2.05, 4.69) is 50.9 Å². The van der Waals surface area contributed by atoms with Crippen molar-refractivity contribution in [1.29, 1.82) is 0 Å². The van der Waals surface area contributed by atoms with Crippen LogP contribution in [0, 0.1) is 5.92 Å². The smallest absolute Gasteiger partial charge is 0.258 e. The highest BCUT2D eigenvalue weighted by atomic mass is 16.5. The molecule has 1 amide bonds. The second-order valence-corrected chi connectivity index (χ2v) is 9.35.